The van der Waals surface area contributed by atoms with Gasteiger partial charge in [0.15, 0.2) is 0 Å². The van der Waals surface area contributed by atoms with Gasteiger partial charge in [-0.3, -0.25) is 4.79 Å². The minimum Gasteiger partial charge on any atom is -0.480 e. The average Bonchev–Trinajstić information content (AvgIpc) is 2.90. The van der Waals surface area contributed by atoms with Crippen LogP contribution >= 0.6 is 39.9 Å². The standard InChI is InChI=1S/C11H9BrO2S.C4H8O2S/c1-2-14-11(13)10-5-7-3-4-8(12)6-9(7)15-10;1-2-3(7)4(5)6/h3-6H,2H2,1H3;3,7H,2H2,1H3,(H,5,6). The summed E-state index contributed by atoms with van der Waals surface area (Å²) in [7, 11) is 0. The van der Waals surface area contributed by atoms with Gasteiger partial charge in [-0.25, -0.2) is 4.79 Å². The Bertz CT molecular complexity index is 654. The highest BCUT2D eigenvalue weighted by atomic mass is 79.9. The number of ether oxygens (including phenoxy) is 1. The van der Waals surface area contributed by atoms with E-state index in [4.69, 9.17) is 9.84 Å². The van der Waals surface area contributed by atoms with E-state index in [2.05, 4.69) is 28.6 Å². The van der Waals surface area contributed by atoms with E-state index in [1.165, 1.54) is 11.3 Å². The summed E-state index contributed by atoms with van der Waals surface area (Å²) in [6, 6.07) is 7.82. The minimum atomic E-state index is -0.842. The molecule has 120 valence electrons. The lowest BCUT2D eigenvalue weighted by Crippen LogP contribution is -2.10. The first-order valence-electron chi connectivity index (χ1n) is 6.66. The van der Waals surface area contributed by atoms with Crippen molar-refractivity contribution in [3.8, 4) is 0 Å². The minimum absolute atomic E-state index is 0.241. The van der Waals surface area contributed by atoms with Crippen molar-refractivity contribution in [1.29, 1.82) is 0 Å². The molecule has 4 nitrogen and oxygen atoms in total. The summed E-state index contributed by atoms with van der Waals surface area (Å²) in [5, 5.41) is 8.69. The Kier molecular flexibility index (Phi) is 7.92. The van der Waals surface area contributed by atoms with Crippen LogP contribution in [0.5, 0.6) is 0 Å². The van der Waals surface area contributed by atoms with Crippen LogP contribution in [0.4, 0.5) is 0 Å². The van der Waals surface area contributed by atoms with Crippen LogP contribution in [-0.4, -0.2) is 28.9 Å². The molecule has 0 aliphatic rings. The Morgan fingerprint density at radius 3 is 2.55 bits per heavy atom. The number of fused-ring (bicyclic) bond motifs is 1. The van der Waals surface area contributed by atoms with Crippen LogP contribution in [0, 0.1) is 0 Å². The highest BCUT2D eigenvalue weighted by molar-refractivity contribution is 9.10. The molecule has 1 aromatic heterocycles. The van der Waals surface area contributed by atoms with Crippen molar-refractivity contribution in [2.75, 3.05) is 6.61 Å². The molecule has 22 heavy (non-hydrogen) atoms. The summed E-state index contributed by atoms with van der Waals surface area (Å²) in [6.07, 6.45) is 0.582. The number of thiophene rings is 1. The lowest BCUT2D eigenvalue weighted by Gasteiger charge is -1.95. The molecule has 2 aromatic rings. The van der Waals surface area contributed by atoms with Crippen molar-refractivity contribution in [1.82, 2.24) is 0 Å². The summed E-state index contributed by atoms with van der Waals surface area (Å²) in [4.78, 5) is 22.0. The van der Waals surface area contributed by atoms with Crippen molar-refractivity contribution in [3.63, 3.8) is 0 Å². The molecule has 1 aromatic carbocycles. The molecule has 1 unspecified atom stereocenters. The molecule has 0 spiro atoms. The van der Waals surface area contributed by atoms with Crippen molar-refractivity contribution in [2.45, 2.75) is 25.5 Å². The molecule has 1 atom stereocenters. The zero-order chi connectivity index (χ0) is 16.7. The maximum absolute atomic E-state index is 11.5. The molecular formula is C15H17BrO4S2. The maximum atomic E-state index is 11.5. The smallest absolute Gasteiger partial charge is 0.348 e. The van der Waals surface area contributed by atoms with Gasteiger partial charge in [-0.05, 0) is 36.9 Å². The van der Waals surface area contributed by atoms with Gasteiger partial charge in [0.25, 0.3) is 0 Å². The Hall–Kier alpha value is -1.05. The van der Waals surface area contributed by atoms with Crippen LogP contribution in [-0.2, 0) is 9.53 Å². The highest BCUT2D eigenvalue weighted by Gasteiger charge is 2.10. The van der Waals surface area contributed by atoms with Crippen molar-refractivity contribution in [2.24, 2.45) is 0 Å². The van der Waals surface area contributed by atoms with Crippen molar-refractivity contribution in [3.05, 3.63) is 33.6 Å². The Labute approximate surface area is 147 Å². The van der Waals surface area contributed by atoms with Gasteiger partial charge in [0.1, 0.15) is 4.88 Å². The van der Waals surface area contributed by atoms with Crippen LogP contribution in [0.1, 0.15) is 29.9 Å². The zero-order valence-corrected chi connectivity index (χ0v) is 15.5. The van der Waals surface area contributed by atoms with E-state index in [1.54, 1.807) is 6.92 Å². The molecule has 1 heterocycles. The van der Waals surface area contributed by atoms with E-state index >= 15 is 0 Å². The number of carbonyl (C=O) groups excluding carboxylic acids is 1. The van der Waals surface area contributed by atoms with E-state index in [-0.39, 0.29) is 5.97 Å². The summed E-state index contributed by atoms with van der Waals surface area (Å²) in [5.74, 6) is -1.08. The van der Waals surface area contributed by atoms with Gasteiger partial charge in [0, 0.05) is 9.17 Å². The number of benzene rings is 1. The first-order valence-corrected chi connectivity index (χ1v) is 8.78. The molecule has 2 rings (SSSR count). The van der Waals surface area contributed by atoms with Crippen LogP contribution < -0.4 is 0 Å². The number of hydrogen-bond donors (Lipinski definition) is 2. The van der Waals surface area contributed by atoms with Crippen LogP contribution in [0.2, 0.25) is 0 Å². The topological polar surface area (TPSA) is 63.6 Å². The summed E-state index contributed by atoms with van der Waals surface area (Å²) < 4.78 is 7.06. The third-order valence-electron chi connectivity index (χ3n) is 2.63. The van der Waals surface area contributed by atoms with Crippen LogP contribution in [0.3, 0.4) is 0 Å². The van der Waals surface area contributed by atoms with E-state index in [9.17, 15) is 9.59 Å². The maximum Gasteiger partial charge on any atom is 0.348 e. The third-order valence-corrected chi connectivity index (χ3v) is 4.79. The lowest BCUT2D eigenvalue weighted by atomic mass is 10.2. The van der Waals surface area contributed by atoms with Crippen LogP contribution in [0.25, 0.3) is 10.1 Å². The SMILES string of the molecule is CCC(S)C(=O)O.CCOC(=O)c1cc2ccc(Br)cc2s1. The number of hydrogen-bond acceptors (Lipinski definition) is 5. The number of esters is 1. The predicted molar refractivity (Wildman–Crippen MR) is 96.2 cm³/mol. The van der Waals surface area contributed by atoms with Gasteiger partial charge in [0.2, 0.25) is 0 Å². The number of thiol groups is 1. The number of carbonyl (C=O) groups is 2. The number of halogens is 1. The normalized spacial score (nSPS) is 11.5. The van der Waals surface area contributed by atoms with Crippen molar-refractivity contribution < 1.29 is 19.4 Å². The molecule has 0 saturated carbocycles. The largest absolute Gasteiger partial charge is 0.480 e. The summed E-state index contributed by atoms with van der Waals surface area (Å²) in [5.41, 5.74) is 0. The second-order valence-corrected chi connectivity index (χ2v) is 6.90. The molecule has 0 amide bonds. The molecule has 0 saturated heterocycles. The number of aliphatic carboxylic acids is 1. The molecule has 0 bridgehead atoms. The highest BCUT2D eigenvalue weighted by Crippen LogP contribution is 2.28. The molecule has 7 heteroatoms. The van der Waals surface area contributed by atoms with Gasteiger partial charge < -0.3 is 9.84 Å². The lowest BCUT2D eigenvalue weighted by molar-refractivity contribution is -0.136. The first kappa shape index (κ1) is 19.0. The van der Waals surface area contributed by atoms with Gasteiger partial charge in [0.05, 0.1) is 11.9 Å². The molecule has 0 aliphatic heterocycles. The Morgan fingerprint density at radius 2 is 2.05 bits per heavy atom. The molecule has 0 fully saturated rings. The monoisotopic (exact) mass is 404 g/mol. The summed E-state index contributed by atoms with van der Waals surface area (Å²) >= 11 is 8.58. The molecule has 0 radical (unpaired) electrons. The van der Waals surface area contributed by atoms with Gasteiger partial charge in [-0.2, -0.15) is 12.6 Å². The van der Waals surface area contributed by atoms with E-state index in [1.807, 2.05) is 31.2 Å². The van der Waals surface area contributed by atoms with Crippen molar-refractivity contribution >= 4 is 61.9 Å². The van der Waals surface area contributed by atoms with Gasteiger partial charge in [-0.1, -0.05) is 28.9 Å². The molecule has 0 aliphatic carbocycles. The fourth-order valence-corrected chi connectivity index (χ4v) is 2.99. The average molecular weight is 405 g/mol. The number of rotatable bonds is 4. The second-order valence-electron chi connectivity index (χ2n) is 4.28. The Balaban J connectivity index is 0.000000295. The fourth-order valence-electron chi connectivity index (χ4n) is 1.48. The van der Waals surface area contributed by atoms with Gasteiger partial charge >= 0.3 is 11.9 Å². The second kappa shape index (κ2) is 9.17. The zero-order valence-electron chi connectivity index (χ0n) is 12.2. The first-order chi connectivity index (χ1) is 10.4. The number of carboxylic acids is 1. The van der Waals surface area contributed by atoms with Gasteiger partial charge in [-0.15, -0.1) is 11.3 Å². The summed E-state index contributed by atoms with van der Waals surface area (Å²) in [6.45, 7) is 4.00. The van der Waals surface area contributed by atoms with E-state index in [0.29, 0.717) is 17.9 Å². The van der Waals surface area contributed by atoms with E-state index in [0.717, 1.165) is 14.6 Å². The number of carboxylic acid groups (broad SMARTS) is 1. The van der Waals surface area contributed by atoms with E-state index < -0.39 is 11.2 Å². The third kappa shape index (κ3) is 5.62. The fraction of sp³-hybridized carbons (Fsp3) is 0.333. The molecular weight excluding hydrogens is 388 g/mol. The quantitative estimate of drug-likeness (QED) is 0.576. The predicted octanol–water partition coefficient (Wildman–Crippen LogP) is 4.62. The van der Waals surface area contributed by atoms with Crippen LogP contribution in [0.15, 0.2) is 28.7 Å². The Morgan fingerprint density at radius 1 is 1.36 bits per heavy atom. The molecule has 1 N–H and O–H groups in total.